The number of hydrogen-bond acceptors (Lipinski definition) is 4. The lowest BCUT2D eigenvalue weighted by Gasteiger charge is -2.20. The summed E-state index contributed by atoms with van der Waals surface area (Å²) in [6.07, 6.45) is 0.452. The fraction of sp³-hybridized carbons (Fsp3) is 0.333. The fourth-order valence-electron chi connectivity index (χ4n) is 1.59. The quantitative estimate of drug-likeness (QED) is 0.805. The second kappa shape index (κ2) is 5.19. The van der Waals surface area contributed by atoms with Gasteiger partial charge in [0.1, 0.15) is 13.2 Å². The van der Waals surface area contributed by atoms with Crippen LogP contribution in [0.2, 0.25) is 0 Å². The summed E-state index contributed by atoms with van der Waals surface area (Å²) < 4.78 is 11.6. The van der Waals surface area contributed by atoms with Crippen molar-refractivity contribution in [2.45, 2.75) is 12.8 Å². The molecular formula is C12H10BrNO3. The van der Waals surface area contributed by atoms with E-state index < -0.39 is 0 Å². The Bertz CT molecular complexity index is 493. The van der Waals surface area contributed by atoms with E-state index in [9.17, 15) is 4.79 Å². The minimum atomic E-state index is -0.0655. The number of rotatable bonds is 3. The van der Waals surface area contributed by atoms with Gasteiger partial charge in [-0.2, -0.15) is 5.26 Å². The van der Waals surface area contributed by atoms with E-state index in [-0.39, 0.29) is 18.6 Å². The number of fused-ring (bicyclic) bond motifs is 1. The molecule has 1 heterocycles. The SMILES string of the molecule is N#CCCC(=O)c1cc(Br)c2c(c1)OCCO2. The maximum Gasteiger partial charge on any atom is 0.175 e. The standard InChI is InChI=1S/C12H10BrNO3/c13-9-6-8(10(15)2-1-3-14)7-11-12(9)17-5-4-16-11/h6-7H,1-2,4-5H2. The Morgan fingerprint density at radius 1 is 1.41 bits per heavy atom. The van der Waals surface area contributed by atoms with E-state index >= 15 is 0 Å². The third kappa shape index (κ3) is 2.59. The number of nitrogens with zero attached hydrogens (tertiary/aromatic N) is 1. The van der Waals surface area contributed by atoms with Crippen LogP contribution < -0.4 is 9.47 Å². The topological polar surface area (TPSA) is 59.3 Å². The van der Waals surface area contributed by atoms with Crippen LogP contribution in [0.4, 0.5) is 0 Å². The normalized spacial score (nSPS) is 12.9. The number of ketones is 1. The molecule has 0 unspecified atom stereocenters. The third-order valence-corrected chi connectivity index (χ3v) is 2.97. The number of hydrogen-bond donors (Lipinski definition) is 0. The highest BCUT2D eigenvalue weighted by molar-refractivity contribution is 9.10. The van der Waals surface area contributed by atoms with Crippen LogP contribution in [-0.4, -0.2) is 19.0 Å². The van der Waals surface area contributed by atoms with Crippen molar-refractivity contribution < 1.29 is 14.3 Å². The van der Waals surface area contributed by atoms with E-state index in [1.54, 1.807) is 12.1 Å². The van der Waals surface area contributed by atoms with Crippen molar-refractivity contribution >= 4 is 21.7 Å². The highest BCUT2D eigenvalue weighted by atomic mass is 79.9. The second-order valence-corrected chi connectivity index (χ2v) is 4.42. The summed E-state index contributed by atoms with van der Waals surface area (Å²) in [4.78, 5) is 11.8. The molecule has 0 amide bonds. The Hall–Kier alpha value is -1.54. The van der Waals surface area contributed by atoms with Gasteiger partial charge in [-0.25, -0.2) is 0 Å². The van der Waals surface area contributed by atoms with E-state index in [4.69, 9.17) is 14.7 Å². The van der Waals surface area contributed by atoms with Gasteiger partial charge in [0.15, 0.2) is 17.3 Å². The molecule has 0 atom stereocenters. The predicted molar refractivity (Wildman–Crippen MR) is 64.3 cm³/mol. The molecule has 0 N–H and O–H groups in total. The van der Waals surface area contributed by atoms with E-state index in [1.807, 2.05) is 6.07 Å². The summed E-state index contributed by atoms with van der Waals surface area (Å²) in [6, 6.07) is 5.32. The van der Waals surface area contributed by atoms with Gasteiger partial charge in [-0.1, -0.05) is 0 Å². The van der Waals surface area contributed by atoms with Gasteiger partial charge in [0, 0.05) is 18.4 Å². The molecule has 4 nitrogen and oxygen atoms in total. The van der Waals surface area contributed by atoms with Crippen LogP contribution in [0.5, 0.6) is 11.5 Å². The summed E-state index contributed by atoms with van der Waals surface area (Å²) >= 11 is 3.35. The van der Waals surface area contributed by atoms with Gasteiger partial charge < -0.3 is 9.47 Å². The molecule has 0 spiro atoms. The molecule has 0 bridgehead atoms. The largest absolute Gasteiger partial charge is 0.486 e. The first-order chi connectivity index (χ1) is 8.22. The molecule has 0 aromatic heterocycles. The molecule has 17 heavy (non-hydrogen) atoms. The van der Waals surface area contributed by atoms with Crippen LogP contribution in [0.25, 0.3) is 0 Å². The van der Waals surface area contributed by atoms with Crippen molar-refractivity contribution in [3.8, 4) is 17.6 Å². The van der Waals surface area contributed by atoms with Gasteiger partial charge in [-0.05, 0) is 28.1 Å². The highest BCUT2D eigenvalue weighted by Gasteiger charge is 2.18. The first-order valence-electron chi connectivity index (χ1n) is 5.21. The van der Waals surface area contributed by atoms with Gasteiger partial charge >= 0.3 is 0 Å². The van der Waals surface area contributed by atoms with E-state index in [0.717, 1.165) is 0 Å². The van der Waals surface area contributed by atoms with Crippen molar-refractivity contribution in [2.24, 2.45) is 0 Å². The van der Waals surface area contributed by atoms with Gasteiger partial charge in [0.05, 0.1) is 10.5 Å². The molecule has 1 aromatic carbocycles. The van der Waals surface area contributed by atoms with E-state index in [1.165, 1.54) is 0 Å². The van der Waals surface area contributed by atoms with Crippen LogP contribution in [0, 0.1) is 11.3 Å². The predicted octanol–water partition coefficient (Wildman–Crippen LogP) is 2.71. The number of carbonyl (C=O) groups is 1. The third-order valence-electron chi connectivity index (χ3n) is 2.38. The lowest BCUT2D eigenvalue weighted by atomic mass is 10.1. The van der Waals surface area contributed by atoms with E-state index in [0.29, 0.717) is 34.7 Å². The van der Waals surface area contributed by atoms with Gasteiger partial charge in [0.2, 0.25) is 0 Å². The van der Waals surface area contributed by atoms with Crippen molar-refractivity contribution in [3.05, 3.63) is 22.2 Å². The van der Waals surface area contributed by atoms with Crippen LogP contribution in [-0.2, 0) is 0 Å². The number of benzene rings is 1. The highest BCUT2D eigenvalue weighted by Crippen LogP contribution is 2.38. The Morgan fingerprint density at radius 3 is 2.94 bits per heavy atom. The summed E-state index contributed by atoms with van der Waals surface area (Å²) in [5.74, 6) is 1.14. The zero-order valence-electron chi connectivity index (χ0n) is 9.03. The van der Waals surface area contributed by atoms with Crippen molar-refractivity contribution in [1.82, 2.24) is 0 Å². The second-order valence-electron chi connectivity index (χ2n) is 3.56. The van der Waals surface area contributed by atoms with Crippen molar-refractivity contribution in [2.75, 3.05) is 13.2 Å². The lowest BCUT2D eigenvalue weighted by Crippen LogP contribution is -2.16. The maximum atomic E-state index is 11.8. The summed E-state index contributed by atoms with van der Waals surface area (Å²) in [7, 11) is 0. The molecule has 1 aromatic rings. The fourth-order valence-corrected chi connectivity index (χ4v) is 2.14. The Kier molecular flexibility index (Phi) is 3.64. The molecule has 88 valence electrons. The molecule has 5 heteroatoms. The van der Waals surface area contributed by atoms with Gasteiger partial charge in [-0.15, -0.1) is 0 Å². The summed E-state index contributed by atoms with van der Waals surface area (Å²) in [5.41, 5.74) is 0.538. The Morgan fingerprint density at radius 2 is 2.18 bits per heavy atom. The molecule has 1 aliphatic heterocycles. The minimum absolute atomic E-state index is 0.0655. The summed E-state index contributed by atoms with van der Waals surface area (Å²) in [5, 5.41) is 8.45. The molecule has 1 aliphatic rings. The van der Waals surface area contributed by atoms with Crippen molar-refractivity contribution in [1.29, 1.82) is 5.26 Å². The molecule has 0 saturated carbocycles. The Balaban J connectivity index is 2.28. The Labute approximate surface area is 107 Å². The summed E-state index contributed by atoms with van der Waals surface area (Å²) in [6.45, 7) is 0.989. The molecule has 0 fully saturated rings. The first-order valence-corrected chi connectivity index (χ1v) is 6.01. The zero-order chi connectivity index (χ0) is 12.3. The number of halogens is 1. The van der Waals surface area contributed by atoms with E-state index in [2.05, 4.69) is 15.9 Å². The minimum Gasteiger partial charge on any atom is -0.486 e. The monoisotopic (exact) mass is 295 g/mol. The number of nitriles is 1. The first kappa shape index (κ1) is 11.9. The molecule has 0 saturated heterocycles. The average Bonchev–Trinajstić information content (AvgIpc) is 2.36. The maximum absolute atomic E-state index is 11.8. The molecule has 2 rings (SSSR count). The number of Topliss-reactive ketones (excluding diaryl/α,β-unsaturated/α-hetero) is 1. The molecule has 0 radical (unpaired) electrons. The van der Waals surface area contributed by atoms with Crippen LogP contribution in [0.3, 0.4) is 0 Å². The van der Waals surface area contributed by atoms with Gasteiger partial charge in [0.25, 0.3) is 0 Å². The van der Waals surface area contributed by atoms with Crippen molar-refractivity contribution in [3.63, 3.8) is 0 Å². The average molecular weight is 296 g/mol. The van der Waals surface area contributed by atoms with Gasteiger partial charge in [-0.3, -0.25) is 4.79 Å². The lowest BCUT2D eigenvalue weighted by molar-refractivity contribution is 0.0982. The van der Waals surface area contributed by atoms with Crippen LogP contribution in [0.15, 0.2) is 16.6 Å². The smallest absolute Gasteiger partial charge is 0.175 e. The van der Waals surface area contributed by atoms with Crippen LogP contribution in [0.1, 0.15) is 23.2 Å². The van der Waals surface area contributed by atoms with Crippen LogP contribution >= 0.6 is 15.9 Å². The number of carbonyl (C=O) groups excluding carboxylic acids is 1. The molecular weight excluding hydrogens is 286 g/mol. The number of ether oxygens (including phenoxy) is 2. The zero-order valence-corrected chi connectivity index (χ0v) is 10.6. The molecule has 0 aliphatic carbocycles.